The van der Waals surface area contributed by atoms with Gasteiger partial charge in [-0.3, -0.25) is 9.79 Å². The van der Waals surface area contributed by atoms with Crippen molar-refractivity contribution in [1.82, 2.24) is 10.2 Å². The average molecular weight is 464 g/mol. The predicted molar refractivity (Wildman–Crippen MR) is 139 cm³/mol. The maximum absolute atomic E-state index is 12.9. The maximum atomic E-state index is 12.9. The lowest BCUT2D eigenvalue weighted by molar-refractivity contribution is 0.0947. The normalized spacial score (nSPS) is 18.2. The highest BCUT2D eigenvalue weighted by molar-refractivity contribution is 7.99. The summed E-state index contributed by atoms with van der Waals surface area (Å²) < 4.78 is 0. The van der Waals surface area contributed by atoms with Gasteiger partial charge in [-0.25, -0.2) is 0 Å². The Morgan fingerprint density at radius 3 is 2.82 bits per heavy atom. The number of carbonyl (C=O) groups is 1. The first-order valence-corrected chi connectivity index (χ1v) is 13.4. The van der Waals surface area contributed by atoms with Gasteiger partial charge in [-0.05, 0) is 75.9 Å². The van der Waals surface area contributed by atoms with Crippen molar-refractivity contribution >= 4 is 29.1 Å². The number of piperidine rings is 1. The molecule has 1 amide bonds. The van der Waals surface area contributed by atoms with Crippen molar-refractivity contribution < 1.29 is 4.79 Å². The van der Waals surface area contributed by atoms with E-state index in [9.17, 15) is 4.79 Å². The molecular weight excluding hydrogens is 426 g/mol. The first-order chi connectivity index (χ1) is 16.1. The van der Waals surface area contributed by atoms with Gasteiger partial charge in [0.25, 0.3) is 5.91 Å². The molecule has 1 N–H and O–H groups in total. The quantitative estimate of drug-likeness (QED) is 0.440. The van der Waals surface area contributed by atoms with E-state index in [4.69, 9.17) is 4.99 Å². The van der Waals surface area contributed by atoms with Gasteiger partial charge in [0.1, 0.15) is 0 Å². The maximum Gasteiger partial charge on any atom is 0.251 e. The monoisotopic (exact) mass is 463 g/mol. The molecule has 2 aromatic rings. The molecule has 0 bridgehead atoms. The zero-order valence-corrected chi connectivity index (χ0v) is 21.1. The number of nitrogens with zero attached hydrogens (tertiary/aromatic N) is 2. The van der Waals surface area contributed by atoms with Gasteiger partial charge >= 0.3 is 0 Å². The molecule has 4 nitrogen and oxygen atoms in total. The average Bonchev–Trinajstić information content (AvgIpc) is 2.98. The second-order valence-electron chi connectivity index (χ2n) is 9.30. The molecule has 1 fully saturated rings. The Labute approximate surface area is 203 Å². The first kappa shape index (κ1) is 24.0. The van der Waals surface area contributed by atoms with Gasteiger partial charge in [-0.2, -0.15) is 0 Å². The van der Waals surface area contributed by atoms with Gasteiger partial charge in [-0.1, -0.05) is 50.1 Å². The van der Waals surface area contributed by atoms with Crippen molar-refractivity contribution in [3.8, 4) is 0 Å². The molecule has 4 rings (SSSR count). The zero-order chi connectivity index (χ0) is 23.2. The second-order valence-corrected chi connectivity index (χ2v) is 10.4. The van der Waals surface area contributed by atoms with E-state index < -0.39 is 0 Å². The van der Waals surface area contributed by atoms with Crippen molar-refractivity contribution in [2.24, 2.45) is 4.99 Å². The van der Waals surface area contributed by atoms with Crippen LogP contribution in [0, 0.1) is 6.92 Å². The number of carbonyl (C=O) groups excluding carboxylic acids is 1. The number of rotatable bonds is 8. The Morgan fingerprint density at radius 1 is 1.15 bits per heavy atom. The molecule has 0 spiro atoms. The van der Waals surface area contributed by atoms with E-state index >= 15 is 0 Å². The fraction of sp³-hybridized carbons (Fsp3) is 0.500. The number of hydrogen-bond donors (Lipinski definition) is 1. The third-order valence-electron chi connectivity index (χ3n) is 6.76. The van der Waals surface area contributed by atoms with Crippen LogP contribution in [0.4, 0.5) is 5.69 Å². The van der Waals surface area contributed by atoms with Crippen LogP contribution in [0.15, 0.2) is 51.2 Å². The van der Waals surface area contributed by atoms with Gasteiger partial charge in [0.15, 0.2) is 0 Å². The van der Waals surface area contributed by atoms with Crippen LogP contribution in [-0.4, -0.2) is 42.2 Å². The molecule has 2 aromatic carbocycles. The lowest BCUT2D eigenvalue weighted by Crippen LogP contribution is -2.40. The van der Waals surface area contributed by atoms with Gasteiger partial charge < -0.3 is 10.2 Å². The minimum Gasteiger partial charge on any atom is -0.352 e. The zero-order valence-electron chi connectivity index (χ0n) is 20.3. The standard InChI is InChI=1S/C28H37N3OS/c1-4-9-24-23-18-20(3)11-13-26(23)33-27-14-12-21(19-25(27)30-24)28(32)29-15-8-17-31-16-7-6-10-22(31)5-2/h11-14,18-19,22H,4-10,15-17H2,1-3H3,(H,29,32). The predicted octanol–water partition coefficient (Wildman–Crippen LogP) is 6.76. The van der Waals surface area contributed by atoms with Crippen LogP contribution < -0.4 is 5.32 Å². The Morgan fingerprint density at radius 2 is 2.00 bits per heavy atom. The summed E-state index contributed by atoms with van der Waals surface area (Å²) in [7, 11) is 0. The molecule has 2 aliphatic heterocycles. The van der Waals surface area contributed by atoms with E-state index in [0.29, 0.717) is 12.1 Å². The number of benzene rings is 2. The smallest absolute Gasteiger partial charge is 0.251 e. The summed E-state index contributed by atoms with van der Waals surface area (Å²) in [6, 6.07) is 13.3. The van der Waals surface area contributed by atoms with Crippen LogP contribution in [-0.2, 0) is 0 Å². The summed E-state index contributed by atoms with van der Waals surface area (Å²) in [6.45, 7) is 9.59. The summed E-state index contributed by atoms with van der Waals surface area (Å²) in [5, 5.41) is 3.13. The molecule has 0 aromatic heterocycles. The molecule has 5 heteroatoms. The molecule has 33 heavy (non-hydrogen) atoms. The largest absolute Gasteiger partial charge is 0.352 e. The molecule has 0 radical (unpaired) electrons. The molecule has 1 unspecified atom stereocenters. The Hall–Kier alpha value is -2.11. The van der Waals surface area contributed by atoms with Gasteiger partial charge in [0.05, 0.1) is 5.69 Å². The number of nitrogens with one attached hydrogen (secondary N) is 1. The molecule has 0 aliphatic carbocycles. The molecule has 1 atom stereocenters. The third-order valence-corrected chi connectivity index (χ3v) is 7.90. The van der Waals surface area contributed by atoms with E-state index in [1.54, 1.807) is 11.8 Å². The van der Waals surface area contributed by atoms with Crippen LogP contribution >= 0.6 is 11.8 Å². The van der Waals surface area contributed by atoms with E-state index in [1.807, 2.05) is 12.1 Å². The van der Waals surface area contributed by atoms with E-state index in [1.165, 1.54) is 48.3 Å². The molecule has 0 saturated carbocycles. The number of amides is 1. The van der Waals surface area contributed by atoms with Crippen LogP contribution in [0.2, 0.25) is 0 Å². The van der Waals surface area contributed by atoms with Crippen molar-refractivity contribution in [3.05, 3.63) is 53.1 Å². The van der Waals surface area contributed by atoms with E-state index in [2.05, 4.69) is 55.3 Å². The minimum atomic E-state index is -0.00154. The molecule has 2 heterocycles. The van der Waals surface area contributed by atoms with Crippen LogP contribution in [0.1, 0.15) is 80.3 Å². The number of aliphatic imine (C=N–C) groups is 1. The molecule has 1 saturated heterocycles. The minimum absolute atomic E-state index is 0.00154. The summed E-state index contributed by atoms with van der Waals surface area (Å²) in [6.07, 6.45) is 8.18. The first-order valence-electron chi connectivity index (χ1n) is 12.6. The van der Waals surface area contributed by atoms with Crippen molar-refractivity contribution in [1.29, 1.82) is 0 Å². The Balaban J connectivity index is 1.42. The van der Waals surface area contributed by atoms with Crippen molar-refractivity contribution in [2.75, 3.05) is 19.6 Å². The summed E-state index contributed by atoms with van der Waals surface area (Å²) in [5.41, 5.74) is 5.20. The highest BCUT2D eigenvalue weighted by Gasteiger charge is 2.21. The van der Waals surface area contributed by atoms with Gasteiger partial charge in [0, 0.05) is 45.8 Å². The van der Waals surface area contributed by atoms with Crippen LogP contribution in [0.25, 0.3) is 0 Å². The Bertz CT molecular complexity index is 1020. The lowest BCUT2D eigenvalue weighted by Gasteiger charge is -2.35. The third kappa shape index (κ3) is 5.88. The highest BCUT2D eigenvalue weighted by Crippen LogP contribution is 2.41. The van der Waals surface area contributed by atoms with Crippen LogP contribution in [0.5, 0.6) is 0 Å². The molecule has 176 valence electrons. The summed E-state index contributed by atoms with van der Waals surface area (Å²) >= 11 is 1.75. The highest BCUT2D eigenvalue weighted by atomic mass is 32.2. The number of hydrogen-bond acceptors (Lipinski definition) is 4. The number of fused-ring (bicyclic) bond motifs is 2. The summed E-state index contributed by atoms with van der Waals surface area (Å²) in [4.78, 5) is 22.9. The molecular formula is C28H37N3OS. The second kappa shape index (κ2) is 11.3. The summed E-state index contributed by atoms with van der Waals surface area (Å²) in [5.74, 6) is -0.00154. The van der Waals surface area contributed by atoms with Crippen LogP contribution in [0.3, 0.4) is 0 Å². The van der Waals surface area contributed by atoms with E-state index in [0.717, 1.165) is 48.1 Å². The van der Waals surface area contributed by atoms with Gasteiger partial charge in [-0.15, -0.1) is 0 Å². The lowest BCUT2D eigenvalue weighted by atomic mass is 10.00. The topological polar surface area (TPSA) is 44.7 Å². The fourth-order valence-corrected chi connectivity index (χ4v) is 5.95. The fourth-order valence-electron chi connectivity index (χ4n) is 4.94. The number of likely N-dealkylation sites (tertiary alicyclic amines) is 1. The van der Waals surface area contributed by atoms with Crippen molar-refractivity contribution in [2.45, 2.75) is 81.5 Å². The molecule has 2 aliphatic rings. The van der Waals surface area contributed by atoms with Crippen molar-refractivity contribution in [3.63, 3.8) is 0 Å². The van der Waals surface area contributed by atoms with E-state index in [-0.39, 0.29) is 5.91 Å². The van der Waals surface area contributed by atoms with Gasteiger partial charge in [0.2, 0.25) is 0 Å². The Kier molecular flexibility index (Phi) is 8.26. The SMILES string of the molecule is CCCC1=Nc2cc(C(=O)NCCCN3CCCCC3CC)ccc2Sc2ccc(C)cc21. The number of aryl methyl sites for hydroxylation is 1.